The minimum atomic E-state index is -0.592. The lowest BCUT2D eigenvalue weighted by Crippen LogP contribution is -2.15. The highest BCUT2D eigenvalue weighted by atomic mass is 19.1. The Kier molecular flexibility index (Phi) is 5.08. The molecule has 2 aromatic rings. The van der Waals surface area contributed by atoms with Crippen molar-refractivity contribution in [2.45, 2.75) is 6.92 Å². The second-order valence-electron chi connectivity index (χ2n) is 4.39. The highest BCUT2D eigenvalue weighted by Gasteiger charge is 2.09. The fourth-order valence-electron chi connectivity index (χ4n) is 1.79. The van der Waals surface area contributed by atoms with E-state index in [2.05, 4.69) is 10.6 Å². The molecule has 0 aromatic heterocycles. The number of hydrogen-bond acceptors (Lipinski definition) is 3. The Hall–Kier alpha value is -2.89. The molecule has 0 heterocycles. The molecule has 0 spiro atoms. The molecule has 0 aliphatic heterocycles. The first-order chi connectivity index (χ1) is 10.6. The average Bonchev–Trinajstić information content (AvgIpc) is 2.47. The molecular formula is C16H15FN2O3. The van der Waals surface area contributed by atoms with Crippen molar-refractivity contribution in [1.82, 2.24) is 0 Å². The topological polar surface area (TPSA) is 67.4 Å². The lowest BCUT2D eigenvalue weighted by Gasteiger charge is -2.08. The van der Waals surface area contributed by atoms with Crippen LogP contribution in [-0.2, 0) is 4.74 Å². The van der Waals surface area contributed by atoms with Crippen LogP contribution in [0.2, 0.25) is 0 Å². The van der Waals surface area contributed by atoms with Gasteiger partial charge in [0.15, 0.2) is 0 Å². The van der Waals surface area contributed by atoms with Crippen LogP contribution >= 0.6 is 0 Å². The molecule has 0 saturated heterocycles. The van der Waals surface area contributed by atoms with Crippen molar-refractivity contribution >= 4 is 23.4 Å². The zero-order chi connectivity index (χ0) is 15.9. The van der Waals surface area contributed by atoms with E-state index >= 15 is 0 Å². The van der Waals surface area contributed by atoms with Gasteiger partial charge in [-0.3, -0.25) is 10.1 Å². The highest BCUT2D eigenvalue weighted by molar-refractivity contribution is 6.05. The van der Waals surface area contributed by atoms with Gasteiger partial charge >= 0.3 is 6.09 Å². The first kappa shape index (κ1) is 15.5. The second kappa shape index (κ2) is 7.21. The summed E-state index contributed by atoms with van der Waals surface area (Å²) in [6, 6.07) is 12.0. The third-order valence-electron chi connectivity index (χ3n) is 2.73. The quantitative estimate of drug-likeness (QED) is 0.906. The first-order valence-corrected chi connectivity index (χ1v) is 6.69. The van der Waals surface area contributed by atoms with Gasteiger partial charge in [0.1, 0.15) is 5.82 Å². The van der Waals surface area contributed by atoms with Crippen molar-refractivity contribution in [2.24, 2.45) is 0 Å². The van der Waals surface area contributed by atoms with E-state index in [1.54, 1.807) is 31.2 Å². The smallest absolute Gasteiger partial charge is 0.411 e. The molecule has 2 rings (SSSR count). The Bertz CT molecular complexity index is 689. The number of anilines is 2. The number of amides is 2. The number of rotatable bonds is 4. The van der Waals surface area contributed by atoms with Crippen LogP contribution < -0.4 is 10.6 Å². The van der Waals surface area contributed by atoms with E-state index in [1.165, 1.54) is 24.3 Å². The Labute approximate surface area is 127 Å². The Morgan fingerprint density at radius 2 is 1.73 bits per heavy atom. The van der Waals surface area contributed by atoms with Gasteiger partial charge in [0, 0.05) is 16.9 Å². The molecular weight excluding hydrogens is 287 g/mol. The van der Waals surface area contributed by atoms with E-state index in [-0.39, 0.29) is 6.61 Å². The van der Waals surface area contributed by atoms with Crippen molar-refractivity contribution in [1.29, 1.82) is 0 Å². The molecule has 0 bridgehead atoms. The molecule has 6 heteroatoms. The second-order valence-corrected chi connectivity index (χ2v) is 4.39. The van der Waals surface area contributed by atoms with Crippen molar-refractivity contribution < 1.29 is 18.7 Å². The summed E-state index contributed by atoms with van der Waals surface area (Å²) < 4.78 is 17.9. The van der Waals surface area contributed by atoms with Crippen LogP contribution in [-0.4, -0.2) is 18.6 Å². The fraction of sp³-hybridized carbons (Fsp3) is 0.125. The van der Waals surface area contributed by atoms with Crippen molar-refractivity contribution in [3.05, 3.63) is 59.9 Å². The van der Waals surface area contributed by atoms with Crippen LogP contribution in [0.5, 0.6) is 0 Å². The number of nitrogens with one attached hydrogen (secondary N) is 2. The third-order valence-corrected chi connectivity index (χ3v) is 2.73. The molecule has 0 radical (unpaired) electrons. The number of carbonyl (C=O) groups excluding carboxylic acids is 2. The lowest BCUT2D eigenvalue weighted by molar-refractivity contribution is 0.102. The summed E-state index contributed by atoms with van der Waals surface area (Å²) in [5, 5.41) is 5.09. The van der Waals surface area contributed by atoms with E-state index in [4.69, 9.17) is 4.74 Å². The van der Waals surface area contributed by atoms with Crippen LogP contribution in [0.3, 0.4) is 0 Å². The van der Waals surface area contributed by atoms with E-state index < -0.39 is 17.8 Å². The van der Waals surface area contributed by atoms with Crippen LogP contribution in [0.4, 0.5) is 20.6 Å². The Morgan fingerprint density at radius 1 is 1.05 bits per heavy atom. The first-order valence-electron chi connectivity index (χ1n) is 6.69. The summed E-state index contributed by atoms with van der Waals surface area (Å²) in [7, 11) is 0. The van der Waals surface area contributed by atoms with Gasteiger partial charge in [0.2, 0.25) is 0 Å². The monoisotopic (exact) mass is 302 g/mol. The van der Waals surface area contributed by atoms with Crippen molar-refractivity contribution in [3.63, 3.8) is 0 Å². The van der Waals surface area contributed by atoms with E-state index in [0.717, 1.165) is 0 Å². The highest BCUT2D eigenvalue weighted by Crippen LogP contribution is 2.14. The molecule has 0 saturated carbocycles. The Morgan fingerprint density at radius 3 is 2.41 bits per heavy atom. The van der Waals surface area contributed by atoms with Gasteiger partial charge in [-0.05, 0) is 43.3 Å². The lowest BCUT2D eigenvalue weighted by atomic mass is 10.2. The van der Waals surface area contributed by atoms with E-state index in [0.29, 0.717) is 16.9 Å². The van der Waals surface area contributed by atoms with Crippen molar-refractivity contribution in [3.8, 4) is 0 Å². The minimum absolute atomic E-state index is 0.256. The molecule has 2 N–H and O–H groups in total. The zero-order valence-electron chi connectivity index (χ0n) is 11.9. The maximum atomic E-state index is 13.1. The summed E-state index contributed by atoms with van der Waals surface area (Å²) >= 11 is 0. The number of hydrogen-bond donors (Lipinski definition) is 2. The number of ether oxygens (including phenoxy) is 1. The number of benzene rings is 2. The van der Waals surface area contributed by atoms with E-state index in [1.807, 2.05) is 0 Å². The zero-order valence-corrected chi connectivity index (χ0v) is 11.9. The molecule has 0 unspecified atom stereocenters. The SMILES string of the molecule is CCOC(=O)Nc1cccc(C(=O)Nc2cccc(F)c2)c1. The number of halogens is 1. The van der Waals surface area contributed by atoms with Gasteiger partial charge in [0.05, 0.1) is 6.61 Å². The summed E-state index contributed by atoms with van der Waals surface area (Å²) in [5.74, 6) is -0.839. The molecule has 0 aliphatic carbocycles. The van der Waals surface area contributed by atoms with E-state index in [9.17, 15) is 14.0 Å². The predicted octanol–water partition coefficient (Wildman–Crippen LogP) is 3.65. The van der Waals surface area contributed by atoms with Crippen LogP contribution in [0.1, 0.15) is 17.3 Å². The van der Waals surface area contributed by atoms with Gasteiger partial charge in [-0.1, -0.05) is 12.1 Å². The normalized spacial score (nSPS) is 9.91. The van der Waals surface area contributed by atoms with Crippen LogP contribution in [0.15, 0.2) is 48.5 Å². The largest absolute Gasteiger partial charge is 0.450 e. The molecule has 114 valence electrons. The fourth-order valence-corrected chi connectivity index (χ4v) is 1.79. The predicted molar refractivity (Wildman–Crippen MR) is 81.4 cm³/mol. The third kappa shape index (κ3) is 4.31. The molecule has 22 heavy (non-hydrogen) atoms. The number of carbonyl (C=O) groups is 2. The van der Waals surface area contributed by atoms with Crippen molar-refractivity contribution in [2.75, 3.05) is 17.2 Å². The molecule has 0 fully saturated rings. The van der Waals surface area contributed by atoms with Gasteiger partial charge in [-0.2, -0.15) is 0 Å². The molecule has 0 atom stereocenters. The maximum absolute atomic E-state index is 13.1. The minimum Gasteiger partial charge on any atom is -0.450 e. The molecule has 2 aromatic carbocycles. The summed E-state index contributed by atoms with van der Waals surface area (Å²) in [6.45, 7) is 1.95. The molecule has 0 aliphatic rings. The average molecular weight is 302 g/mol. The van der Waals surface area contributed by atoms with Gasteiger partial charge in [-0.15, -0.1) is 0 Å². The molecule has 5 nitrogen and oxygen atoms in total. The standard InChI is InChI=1S/C16H15FN2O3/c1-2-22-16(21)19-13-7-3-5-11(9-13)15(20)18-14-8-4-6-12(17)10-14/h3-10H,2H2,1H3,(H,18,20)(H,19,21). The summed E-state index contributed by atoms with van der Waals surface area (Å²) in [5.41, 5.74) is 1.12. The summed E-state index contributed by atoms with van der Waals surface area (Å²) in [6.07, 6.45) is -0.592. The van der Waals surface area contributed by atoms with Gasteiger partial charge in [-0.25, -0.2) is 9.18 Å². The summed E-state index contributed by atoms with van der Waals surface area (Å²) in [4.78, 5) is 23.5. The maximum Gasteiger partial charge on any atom is 0.411 e. The Balaban J connectivity index is 2.08. The van der Waals surface area contributed by atoms with Gasteiger partial charge in [0.25, 0.3) is 5.91 Å². The molecule has 2 amide bonds. The van der Waals surface area contributed by atoms with Crippen LogP contribution in [0.25, 0.3) is 0 Å². The van der Waals surface area contributed by atoms with Gasteiger partial charge < -0.3 is 10.1 Å². The van der Waals surface area contributed by atoms with Crippen LogP contribution in [0, 0.1) is 5.82 Å².